The van der Waals surface area contributed by atoms with Crippen molar-refractivity contribution >= 4 is 11.8 Å². The highest BCUT2D eigenvalue weighted by Crippen LogP contribution is 2.14. The number of carboxylic acids is 1. The van der Waals surface area contributed by atoms with Crippen LogP contribution in [0.4, 0.5) is 0 Å². The first-order chi connectivity index (χ1) is 6.45. The largest absolute Gasteiger partial charge is 0.481 e. The molecule has 1 unspecified atom stereocenters. The van der Waals surface area contributed by atoms with Crippen molar-refractivity contribution in [2.75, 3.05) is 0 Å². The molecule has 0 aromatic heterocycles. The molecular formula is C11H20O3. The average molecular weight is 200 g/mol. The van der Waals surface area contributed by atoms with Crippen molar-refractivity contribution in [2.45, 2.75) is 46.5 Å². The second-order valence-corrected chi connectivity index (χ2v) is 4.18. The van der Waals surface area contributed by atoms with Crippen LogP contribution in [-0.2, 0) is 9.59 Å². The Labute approximate surface area is 85.5 Å². The molecule has 0 heterocycles. The second kappa shape index (κ2) is 6.57. The summed E-state index contributed by atoms with van der Waals surface area (Å²) in [5.74, 6) is -1.36. The van der Waals surface area contributed by atoms with Gasteiger partial charge in [0.2, 0.25) is 0 Å². The van der Waals surface area contributed by atoms with Gasteiger partial charge < -0.3 is 5.11 Å². The molecule has 1 atom stereocenters. The minimum atomic E-state index is -0.984. The van der Waals surface area contributed by atoms with Crippen LogP contribution >= 0.6 is 0 Å². The minimum absolute atomic E-state index is 0.234. The van der Waals surface area contributed by atoms with Gasteiger partial charge in [-0.2, -0.15) is 0 Å². The zero-order valence-corrected chi connectivity index (χ0v) is 9.25. The van der Waals surface area contributed by atoms with Gasteiger partial charge in [0.25, 0.3) is 0 Å². The Hall–Kier alpha value is -0.860. The highest BCUT2D eigenvalue weighted by molar-refractivity contribution is 5.96. The summed E-state index contributed by atoms with van der Waals surface area (Å²) in [7, 11) is 0. The maximum atomic E-state index is 10.9. The molecule has 0 aromatic carbocycles. The fraction of sp³-hybridized carbons (Fsp3) is 0.818. The van der Waals surface area contributed by atoms with Gasteiger partial charge in [0.1, 0.15) is 11.7 Å². The molecule has 0 rings (SSSR count). The van der Waals surface area contributed by atoms with Crippen LogP contribution < -0.4 is 0 Å². The van der Waals surface area contributed by atoms with Crippen LogP contribution in [0.5, 0.6) is 0 Å². The smallest absolute Gasteiger partial charge is 0.314 e. The summed E-state index contributed by atoms with van der Waals surface area (Å²) in [6, 6.07) is 0. The van der Waals surface area contributed by atoms with E-state index in [0.29, 0.717) is 12.3 Å². The van der Waals surface area contributed by atoms with E-state index >= 15 is 0 Å². The zero-order chi connectivity index (χ0) is 11.1. The molecule has 0 amide bonds. The molecular weight excluding hydrogens is 180 g/mol. The number of hydrogen-bond acceptors (Lipinski definition) is 2. The van der Waals surface area contributed by atoms with Crippen molar-refractivity contribution < 1.29 is 14.7 Å². The lowest BCUT2D eigenvalue weighted by atomic mass is 9.96. The van der Waals surface area contributed by atoms with Crippen molar-refractivity contribution in [3.8, 4) is 0 Å². The predicted octanol–water partition coefficient (Wildman–Crippen LogP) is 2.49. The Bertz CT molecular complexity index is 183. The van der Waals surface area contributed by atoms with Crippen molar-refractivity contribution in [3.05, 3.63) is 0 Å². The number of ketones is 1. The molecule has 0 aliphatic carbocycles. The Morgan fingerprint density at radius 3 is 2.00 bits per heavy atom. The number of carboxylic acid groups (broad SMARTS) is 1. The highest BCUT2D eigenvalue weighted by Gasteiger charge is 2.21. The molecule has 0 aliphatic rings. The van der Waals surface area contributed by atoms with Gasteiger partial charge in [-0.15, -0.1) is 0 Å². The average Bonchev–Trinajstić information content (AvgIpc) is 2.01. The van der Waals surface area contributed by atoms with Crippen LogP contribution in [0, 0.1) is 11.8 Å². The Morgan fingerprint density at radius 2 is 1.64 bits per heavy atom. The number of carbonyl (C=O) groups is 2. The molecule has 0 aromatic rings. The van der Waals surface area contributed by atoms with Crippen molar-refractivity contribution in [1.82, 2.24) is 0 Å². The number of hydrogen-bond donors (Lipinski definition) is 1. The van der Waals surface area contributed by atoms with Crippen LogP contribution in [0.25, 0.3) is 0 Å². The lowest BCUT2D eigenvalue weighted by Crippen LogP contribution is -2.21. The molecule has 0 fully saturated rings. The van der Waals surface area contributed by atoms with E-state index in [4.69, 9.17) is 5.11 Å². The van der Waals surface area contributed by atoms with Gasteiger partial charge in [-0.25, -0.2) is 0 Å². The number of unbranched alkanes of at least 4 members (excludes halogenated alkanes) is 1. The van der Waals surface area contributed by atoms with Crippen molar-refractivity contribution in [1.29, 1.82) is 0 Å². The summed E-state index contributed by atoms with van der Waals surface area (Å²) in [5, 5.41) is 8.73. The standard InChI is InChI=1S/C11H20O3/c1-8(2)6-4-5-7-10(9(3)12)11(13)14/h8,10H,4-7H2,1-3H3,(H,13,14). The summed E-state index contributed by atoms with van der Waals surface area (Å²) in [4.78, 5) is 21.6. The predicted molar refractivity (Wildman–Crippen MR) is 55.1 cm³/mol. The van der Waals surface area contributed by atoms with Gasteiger partial charge in [0, 0.05) is 0 Å². The maximum Gasteiger partial charge on any atom is 0.314 e. The van der Waals surface area contributed by atoms with Crippen LogP contribution in [0.1, 0.15) is 46.5 Å². The Kier molecular flexibility index (Phi) is 6.17. The van der Waals surface area contributed by atoms with Crippen LogP contribution in [0.15, 0.2) is 0 Å². The van der Waals surface area contributed by atoms with Gasteiger partial charge in [-0.3, -0.25) is 9.59 Å². The first-order valence-electron chi connectivity index (χ1n) is 5.18. The minimum Gasteiger partial charge on any atom is -0.481 e. The molecule has 3 heteroatoms. The Balaban J connectivity index is 3.73. The van der Waals surface area contributed by atoms with E-state index in [1.165, 1.54) is 6.92 Å². The van der Waals surface area contributed by atoms with E-state index in [1.54, 1.807) is 0 Å². The zero-order valence-electron chi connectivity index (χ0n) is 9.25. The molecule has 3 nitrogen and oxygen atoms in total. The van der Waals surface area contributed by atoms with Gasteiger partial charge in [0.15, 0.2) is 0 Å². The molecule has 0 spiro atoms. The topological polar surface area (TPSA) is 54.4 Å². The molecule has 0 radical (unpaired) electrons. The van der Waals surface area contributed by atoms with Gasteiger partial charge >= 0.3 is 5.97 Å². The van der Waals surface area contributed by atoms with Gasteiger partial charge in [-0.1, -0.05) is 33.1 Å². The molecule has 82 valence electrons. The highest BCUT2D eigenvalue weighted by atomic mass is 16.4. The summed E-state index contributed by atoms with van der Waals surface area (Å²) in [6.45, 7) is 5.63. The first kappa shape index (κ1) is 13.1. The first-order valence-corrected chi connectivity index (χ1v) is 5.18. The van der Waals surface area contributed by atoms with E-state index in [2.05, 4.69) is 13.8 Å². The summed E-state index contributed by atoms with van der Waals surface area (Å²) >= 11 is 0. The fourth-order valence-electron chi connectivity index (χ4n) is 1.40. The molecule has 1 N–H and O–H groups in total. The van der Waals surface area contributed by atoms with Crippen LogP contribution in [-0.4, -0.2) is 16.9 Å². The third-order valence-electron chi connectivity index (χ3n) is 2.31. The quantitative estimate of drug-likeness (QED) is 0.507. The van der Waals surface area contributed by atoms with E-state index in [-0.39, 0.29) is 5.78 Å². The molecule has 0 saturated carbocycles. The SMILES string of the molecule is CC(=O)C(CCCCC(C)C)C(=O)O. The van der Waals surface area contributed by atoms with E-state index in [9.17, 15) is 9.59 Å². The normalized spacial score (nSPS) is 12.9. The van der Waals surface area contributed by atoms with Crippen LogP contribution in [0.2, 0.25) is 0 Å². The van der Waals surface area contributed by atoms with Gasteiger partial charge in [0.05, 0.1) is 0 Å². The number of carbonyl (C=O) groups excluding carboxylic acids is 1. The fourth-order valence-corrected chi connectivity index (χ4v) is 1.40. The molecule has 14 heavy (non-hydrogen) atoms. The second-order valence-electron chi connectivity index (χ2n) is 4.18. The molecule has 0 aliphatic heterocycles. The summed E-state index contributed by atoms with van der Waals surface area (Å²) in [5.41, 5.74) is 0. The third-order valence-corrected chi connectivity index (χ3v) is 2.31. The molecule has 0 saturated heterocycles. The number of Topliss-reactive ketones (excluding diaryl/α,β-unsaturated/α-hetero) is 1. The lowest BCUT2D eigenvalue weighted by Gasteiger charge is -2.08. The van der Waals surface area contributed by atoms with Crippen molar-refractivity contribution in [3.63, 3.8) is 0 Å². The summed E-state index contributed by atoms with van der Waals surface area (Å²) in [6.07, 6.45) is 3.42. The number of aliphatic carboxylic acids is 1. The van der Waals surface area contributed by atoms with E-state index in [0.717, 1.165) is 19.3 Å². The van der Waals surface area contributed by atoms with E-state index < -0.39 is 11.9 Å². The maximum absolute atomic E-state index is 10.9. The number of rotatable bonds is 7. The van der Waals surface area contributed by atoms with E-state index in [1.807, 2.05) is 0 Å². The van der Waals surface area contributed by atoms with Gasteiger partial charge in [-0.05, 0) is 19.3 Å². The van der Waals surface area contributed by atoms with Crippen molar-refractivity contribution in [2.24, 2.45) is 11.8 Å². The van der Waals surface area contributed by atoms with Crippen LogP contribution in [0.3, 0.4) is 0 Å². The lowest BCUT2D eigenvalue weighted by molar-refractivity contribution is -0.146. The monoisotopic (exact) mass is 200 g/mol. The Morgan fingerprint density at radius 1 is 1.14 bits per heavy atom. The molecule has 0 bridgehead atoms. The summed E-state index contributed by atoms with van der Waals surface area (Å²) < 4.78 is 0. The third kappa shape index (κ3) is 5.73.